The highest BCUT2D eigenvalue weighted by molar-refractivity contribution is 5.79. The van der Waals surface area contributed by atoms with Crippen LogP contribution in [0.1, 0.15) is 91.9 Å². The maximum absolute atomic E-state index is 12.3. The second-order valence-corrected chi connectivity index (χ2v) is 12.1. The van der Waals surface area contributed by atoms with Crippen LogP contribution < -0.4 is 0 Å². The van der Waals surface area contributed by atoms with Gasteiger partial charge in [0.15, 0.2) is 0 Å². The van der Waals surface area contributed by atoms with Crippen molar-refractivity contribution in [3.05, 3.63) is 0 Å². The molecule has 4 saturated carbocycles. The van der Waals surface area contributed by atoms with Gasteiger partial charge in [-0.2, -0.15) is 0 Å². The molecular formula is C26H38O5. The summed E-state index contributed by atoms with van der Waals surface area (Å²) in [4.78, 5) is 36.4. The summed E-state index contributed by atoms with van der Waals surface area (Å²) in [5.41, 5.74) is -0.0896. The molecule has 5 rings (SSSR count). The summed E-state index contributed by atoms with van der Waals surface area (Å²) in [6.07, 6.45) is 8.88. The van der Waals surface area contributed by atoms with Gasteiger partial charge in [-0.25, -0.2) is 0 Å². The Morgan fingerprint density at radius 3 is 2.39 bits per heavy atom. The molecule has 0 radical (unpaired) electrons. The Bertz CT molecular complexity index is 806. The number of cyclic esters (lactones) is 1. The largest absolute Gasteiger partial charge is 0.462 e. The van der Waals surface area contributed by atoms with E-state index in [1.807, 2.05) is 0 Å². The van der Waals surface area contributed by atoms with Crippen LogP contribution >= 0.6 is 0 Å². The molecule has 5 aliphatic rings. The van der Waals surface area contributed by atoms with Crippen molar-refractivity contribution in [2.45, 2.75) is 104 Å². The summed E-state index contributed by atoms with van der Waals surface area (Å²) >= 11 is 0. The molecule has 1 aliphatic heterocycles. The normalized spacial score (nSPS) is 51.5. The van der Waals surface area contributed by atoms with E-state index in [2.05, 4.69) is 20.8 Å². The number of hydrogen-bond acceptors (Lipinski definition) is 5. The molecule has 1 heterocycles. The minimum absolute atomic E-state index is 0.0547. The zero-order valence-electron chi connectivity index (χ0n) is 19.6. The zero-order valence-corrected chi connectivity index (χ0v) is 19.6. The number of ether oxygens (including phenoxy) is 2. The van der Waals surface area contributed by atoms with E-state index in [0.29, 0.717) is 54.6 Å². The van der Waals surface area contributed by atoms with Crippen LogP contribution in [0.3, 0.4) is 0 Å². The Morgan fingerprint density at radius 2 is 1.71 bits per heavy atom. The Morgan fingerprint density at radius 1 is 0.968 bits per heavy atom. The predicted octanol–water partition coefficient (Wildman–Crippen LogP) is 4.85. The highest BCUT2D eigenvalue weighted by Crippen LogP contribution is 2.69. The molecule has 0 N–H and O–H groups in total. The van der Waals surface area contributed by atoms with Crippen molar-refractivity contribution in [1.29, 1.82) is 0 Å². The number of Topliss-reactive ketones (excluding diaryl/α,β-unsaturated/α-hetero) is 1. The average Bonchev–Trinajstić information content (AvgIpc) is 3.22. The number of fused-ring (bicyclic) bond motifs is 5. The highest BCUT2D eigenvalue weighted by Gasteiger charge is 2.66. The fourth-order valence-corrected chi connectivity index (χ4v) is 9.28. The quantitative estimate of drug-likeness (QED) is 0.586. The molecule has 4 aliphatic carbocycles. The molecule has 5 nitrogen and oxygen atoms in total. The second-order valence-electron chi connectivity index (χ2n) is 12.1. The summed E-state index contributed by atoms with van der Waals surface area (Å²) in [5, 5.41) is 0. The molecule has 9 atom stereocenters. The third-order valence-electron chi connectivity index (χ3n) is 10.7. The minimum atomic E-state index is -0.358. The van der Waals surface area contributed by atoms with Gasteiger partial charge in [0, 0.05) is 38.0 Å². The molecule has 0 aromatic rings. The van der Waals surface area contributed by atoms with Gasteiger partial charge < -0.3 is 9.47 Å². The monoisotopic (exact) mass is 430 g/mol. The lowest BCUT2D eigenvalue weighted by Crippen LogP contribution is -2.59. The van der Waals surface area contributed by atoms with Gasteiger partial charge in [-0.3, -0.25) is 14.4 Å². The first-order chi connectivity index (χ1) is 14.6. The number of carbonyl (C=O) groups excluding carboxylic acids is 3. The van der Waals surface area contributed by atoms with Crippen LogP contribution in [0.25, 0.3) is 0 Å². The first-order valence-corrected chi connectivity index (χ1v) is 12.5. The SMILES string of the molecule is CC(=O)O[C@H]1C[C@@H]2CC(=O)CC[C@]2(C)[C@H]2CC[C@@]3(C)[C@@H](CC[C@@H]3[C@]3(C)CCC(=O)O3)[C@H]12. The fourth-order valence-electron chi connectivity index (χ4n) is 9.28. The molecular weight excluding hydrogens is 392 g/mol. The maximum atomic E-state index is 12.3. The lowest BCUT2D eigenvalue weighted by molar-refractivity contribution is -0.195. The van der Waals surface area contributed by atoms with Crippen LogP contribution in [0.15, 0.2) is 0 Å². The Labute approximate surface area is 186 Å². The van der Waals surface area contributed by atoms with Crippen LogP contribution in [0.4, 0.5) is 0 Å². The van der Waals surface area contributed by atoms with Crippen molar-refractivity contribution < 1.29 is 23.9 Å². The Kier molecular flexibility index (Phi) is 4.88. The van der Waals surface area contributed by atoms with Crippen LogP contribution in [0.5, 0.6) is 0 Å². The molecule has 0 spiro atoms. The van der Waals surface area contributed by atoms with Gasteiger partial charge in [0.05, 0.1) is 0 Å². The van der Waals surface area contributed by atoms with E-state index in [1.54, 1.807) is 0 Å². The molecule has 31 heavy (non-hydrogen) atoms. The topological polar surface area (TPSA) is 69.7 Å². The third kappa shape index (κ3) is 3.12. The van der Waals surface area contributed by atoms with Gasteiger partial charge >= 0.3 is 11.9 Å². The van der Waals surface area contributed by atoms with E-state index >= 15 is 0 Å². The van der Waals surface area contributed by atoms with E-state index in [4.69, 9.17) is 9.47 Å². The van der Waals surface area contributed by atoms with Crippen molar-refractivity contribution in [3.8, 4) is 0 Å². The molecule has 0 bridgehead atoms. The molecule has 0 unspecified atom stereocenters. The van der Waals surface area contributed by atoms with Crippen molar-refractivity contribution >= 4 is 17.7 Å². The minimum Gasteiger partial charge on any atom is -0.462 e. The molecule has 0 amide bonds. The smallest absolute Gasteiger partial charge is 0.306 e. The van der Waals surface area contributed by atoms with Gasteiger partial charge in [-0.05, 0) is 80.5 Å². The molecule has 0 aromatic carbocycles. The van der Waals surface area contributed by atoms with Crippen LogP contribution in [-0.4, -0.2) is 29.4 Å². The molecule has 172 valence electrons. The first-order valence-electron chi connectivity index (χ1n) is 12.5. The van der Waals surface area contributed by atoms with Crippen LogP contribution in [0.2, 0.25) is 0 Å². The summed E-state index contributed by atoms with van der Waals surface area (Å²) in [7, 11) is 0. The first kappa shape index (κ1) is 21.5. The second kappa shape index (κ2) is 7.05. The molecule has 1 saturated heterocycles. The van der Waals surface area contributed by atoms with Gasteiger partial charge in [0.2, 0.25) is 0 Å². The average molecular weight is 431 g/mol. The lowest BCUT2D eigenvalue weighted by atomic mass is 9.43. The molecule has 5 fully saturated rings. The number of hydrogen-bond donors (Lipinski definition) is 0. The van der Waals surface area contributed by atoms with E-state index in [1.165, 1.54) is 6.92 Å². The van der Waals surface area contributed by atoms with Crippen molar-refractivity contribution in [1.82, 2.24) is 0 Å². The van der Waals surface area contributed by atoms with Crippen molar-refractivity contribution in [2.75, 3.05) is 0 Å². The van der Waals surface area contributed by atoms with E-state index < -0.39 is 0 Å². The summed E-state index contributed by atoms with van der Waals surface area (Å²) in [5.74, 6) is 2.14. The summed E-state index contributed by atoms with van der Waals surface area (Å²) in [6, 6.07) is 0. The van der Waals surface area contributed by atoms with Crippen molar-refractivity contribution in [2.24, 2.45) is 40.4 Å². The van der Waals surface area contributed by atoms with E-state index in [-0.39, 0.29) is 34.5 Å². The van der Waals surface area contributed by atoms with E-state index in [0.717, 1.165) is 44.9 Å². The molecule has 0 aromatic heterocycles. The Balaban J connectivity index is 1.49. The van der Waals surface area contributed by atoms with Crippen LogP contribution in [0, 0.1) is 40.4 Å². The van der Waals surface area contributed by atoms with Gasteiger partial charge in [-0.1, -0.05) is 13.8 Å². The highest BCUT2D eigenvalue weighted by atomic mass is 16.6. The van der Waals surface area contributed by atoms with Gasteiger partial charge in [0.25, 0.3) is 0 Å². The third-order valence-corrected chi connectivity index (χ3v) is 10.7. The molecule has 5 heteroatoms. The van der Waals surface area contributed by atoms with E-state index in [9.17, 15) is 14.4 Å². The van der Waals surface area contributed by atoms with Gasteiger partial charge in [-0.15, -0.1) is 0 Å². The number of rotatable bonds is 2. The van der Waals surface area contributed by atoms with Crippen molar-refractivity contribution in [3.63, 3.8) is 0 Å². The predicted molar refractivity (Wildman–Crippen MR) is 115 cm³/mol. The summed E-state index contributed by atoms with van der Waals surface area (Å²) in [6.45, 7) is 8.51. The number of carbonyl (C=O) groups is 3. The standard InChI is InChI=1S/C26H38O5/c1-15(27)30-20-14-16-13-17(28)7-10-24(16,2)19-8-11-25(3)18(23(19)20)5-6-21(25)26(4)12-9-22(29)31-26/h16,18-21,23H,5-14H2,1-4H3/t16-,18-,19-,20-,21-,23-,24-,25-,26-/m0/s1. The zero-order chi connectivity index (χ0) is 22.2. The fraction of sp³-hybridized carbons (Fsp3) is 0.885. The lowest BCUT2D eigenvalue weighted by Gasteiger charge is -2.62. The number of esters is 2. The van der Waals surface area contributed by atoms with Crippen LogP contribution in [-0.2, 0) is 23.9 Å². The number of ketones is 1. The van der Waals surface area contributed by atoms with Gasteiger partial charge in [0.1, 0.15) is 17.5 Å². The Hall–Kier alpha value is -1.39. The summed E-state index contributed by atoms with van der Waals surface area (Å²) < 4.78 is 11.9. The maximum Gasteiger partial charge on any atom is 0.306 e.